The van der Waals surface area contributed by atoms with Crippen LogP contribution in [-0.4, -0.2) is 30.8 Å². The molecule has 0 heterocycles. The molecular weight excluding hydrogens is 260 g/mol. The molecule has 2 rings (SSSR count). The molecule has 6 heteroatoms. The van der Waals surface area contributed by atoms with E-state index in [0.717, 1.165) is 12.8 Å². The van der Waals surface area contributed by atoms with Gasteiger partial charge >= 0.3 is 12.0 Å². The molecule has 1 aliphatic rings. The molecular formula is C14H18N2O4. The Hall–Kier alpha value is -2.24. The van der Waals surface area contributed by atoms with Crippen molar-refractivity contribution in [1.29, 1.82) is 0 Å². The average Bonchev–Trinajstić information content (AvgIpc) is 2.36. The van der Waals surface area contributed by atoms with E-state index in [1.165, 1.54) is 31.7 Å². The number of carbonyl (C=O) groups is 2. The molecule has 0 radical (unpaired) electrons. The first-order valence-electron chi connectivity index (χ1n) is 6.56. The molecule has 108 valence electrons. The largest absolute Gasteiger partial charge is 0.495 e. The Kier molecular flexibility index (Phi) is 4.45. The summed E-state index contributed by atoms with van der Waals surface area (Å²) < 4.78 is 5.10. The number of carboxylic acids is 1. The summed E-state index contributed by atoms with van der Waals surface area (Å²) in [5, 5.41) is 14.4. The molecule has 2 amide bonds. The number of carbonyl (C=O) groups excluding carboxylic acids is 1. The molecule has 3 N–H and O–H groups in total. The van der Waals surface area contributed by atoms with E-state index in [1.807, 2.05) is 0 Å². The van der Waals surface area contributed by atoms with Crippen LogP contribution in [0, 0.1) is 5.92 Å². The molecule has 0 saturated heterocycles. The zero-order chi connectivity index (χ0) is 14.5. The van der Waals surface area contributed by atoms with Gasteiger partial charge in [-0.05, 0) is 37.0 Å². The highest BCUT2D eigenvalue weighted by Gasteiger charge is 2.18. The maximum absolute atomic E-state index is 11.8. The number of hydrogen-bond donors (Lipinski definition) is 3. The number of aromatic carboxylic acids is 1. The highest BCUT2D eigenvalue weighted by Crippen LogP contribution is 2.26. The highest BCUT2D eigenvalue weighted by molar-refractivity contribution is 5.94. The van der Waals surface area contributed by atoms with Crippen LogP contribution < -0.4 is 15.4 Å². The van der Waals surface area contributed by atoms with Crippen molar-refractivity contribution < 1.29 is 19.4 Å². The van der Waals surface area contributed by atoms with Gasteiger partial charge < -0.3 is 20.5 Å². The lowest BCUT2D eigenvalue weighted by Crippen LogP contribution is -2.35. The number of amides is 2. The fourth-order valence-electron chi connectivity index (χ4n) is 2.04. The Morgan fingerprint density at radius 3 is 2.70 bits per heavy atom. The van der Waals surface area contributed by atoms with Crippen molar-refractivity contribution >= 4 is 17.7 Å². The zero-order valence-electron chi connectivity index (χ0n) is 11.3. The Labute approximate surface area is 117 Å². The van der Waals surface area contributed by atoms with Crippen molar-refractivity contribution in [3.63, 3.8) is 0 Å². The van der Waals surface area contributed by atoms with Crippen LogP contribution >= 0.6 is 0 Å². The minimum absolute atomic E-state index is 0.0973. The van der Waals surface area contributed by atoms with Crippen molar-refractivity contribution in [1.82, 2.24) is 5.32 Å². The summed E-state index contributed by atoms with van der Waals surface area (Å²) in [5.74, 6) is -0.0626. The summed E-state index contributed by atoms with van der Waals surface area (Å²) in [6.45, 7) is 0.646. The topological polar surface area (TPSA) is 87.7 Å². The van der Waals surface area contributed by atoms with Crippen molar-refractivity contribution in [2.45, 2.75) is 19.3 Å². The van der Waals surface area contributed by atoms with E-state index >= 15 is 0 Å². The Balaban J connectivity index is 2.00. The summed E-state index contributed by atoms with van der Waals surface area (Å²) in [6, 6.07) is 3.98. The van der Waals surface area contributed by atoms with E-state index in [0.29, 0.717) is 23.9 Å². The number of benzene rings is 1. The molecule has 6 nitrogen and oxygen atoms in total. The summed E-state index contributed by atoms with van der Waals surface area (Å²) >= 11 is 0. The summed E-state index contributed by atoms with van der Waals surface area (Å²) in [7, 11) is 1.47. The van der Waals surface area contributed by atoms with E-state index in [1.54, 1.807) is 0 Å². The second-order valence-corrected chi connectivity index (χ2v) is 4.85. The number of methoxy groups -OCH3 is 1. The SMILES string of the molecule is COc1ccc(C(=O)O)cc1NC(=O)NCC1CCC1. The molecule has 1 aromatic rings. The Bertz CT molecular complexity index is 512. The molecule has 0 unspecified atom stereocenters. The minimum atomic E-state index is -1.05. The number of nitrogens with one attached hydrogen (secondary N) is 2. The van der Waals surface area contributed by atoms with E-state index in [4.69, 9.17) is 9.84 Å². The predicted molar refractivity (Wildman–Crippen MR) is 74.3 cm³/mol. The van der Waals surface area contributed by atoms with Crippen molar-refractivity contribution in [3.8, 4) is 5.75 Å². The fourth-order valence-corrected chi connectivity index (χ4v) is 2.04. The molecule has 0 bridgehead atoms. The average molecular weight is 278 g/mol. The molecule has 0 aromatic heterocycles. The summed E-state index contributed by atoms with van der Waals surface area (Å²) in [5.41, 5.74) is 0.443. The molecule has 0 aliphatic heterocycles. The maximum atomic E-state index is 11.8. The first-order valence-corrected chi connectivity index (χ1v) is 6.56. The van der Waals surface area contributed by atoms with Gasteiger partial charge in [-0.2, -0.15) is 0 Å². The van der Waals surface area contributed by atoms with Gasteiger partial charge in [0.1, 0.15) is 5.75 Å². The van der Waals surface area contributed by atoms with Crippen molar-refractivity contribution in [2.75, 3.05) is 19.0 Å². The number of hydrogen-bond acceptors (Lipinski definition) is 3. The quantitative estimate of drug-likeness (QED) is 0.771. The van der Waals surface area contributed by atoms with Crippen LogP contribution in [0.25, 0.3) is 0 Å². The van der Waals surface area contributed by atoms with Crippen LogP contribution in [0.5, 0.6) is 5.75 Å². The van der Waals surface area contributed by atoms with Gasteiger partial charge in [-0.1, -0.05) is 6.42 Å². The molecule has 1 aliphatic carbocycles. The molecule has 1 fully saturated rings. The number of anilines is 1. The van der Waals surface area contributed by atoms with Crippen LogP contribution in [0.1, 0.15) is 29.6 Å². The minimum Gasteiger partial charge on any atom is -0.495 e. The Morgan fingerprint density at radius 2 is 2.15 bits per heavy atom. The van der Waals surface area contributed by atoms with Crippen LogP contribution in [-0.2, 0) is 0 Å². The number of carboxylic acid groups (broad SMARTS) is 1. The Morgan fingerprint density at radius 1 is 1.40 bits per heavy atom. The molecule has 20 heavy (non-hydrogen) atoms. The molecule has 0 spiro atoms. The molecule has 1 saturated carbocycles. The predicted octanol–water partition coefficient (Wildman–Crippen LogP) is 2.32. The lowest BCUT2D eigenvalue weighted by molar-refractivity contribution is 0.0697. The first kappa shape index (κ1) is 14.2. The number of rotatable bonds is 5. The third-order valence-corrected chi connectivity index (χ3v) is 3.47. The van der Waals surface area contributed by atoms with Crippen molar-refractivity contribution in [3.05, 3.63) is 23.8 Å². The van der Waals surface area contributed by atoms with Gasteiger partial charge in [0.25, 0.3) is 0 Å². The standard InChI is InChI=1S/C14H18N2O4/c1-20-12-6-5-10(13(17)18)7-11(12)16-14(19)15-8-9-3-2-4-9/h5-7,9H,2-4,8H2,1H3,(H,17,18)(H2,15,16,19). The van der Waals surface area contributed by atoms with E-state index < -0.39 is 5.97 Å². The van der Waals surface area contributed by atoms with Crippen LogP contribution in [0.2, 0.25) is 0 Å². The summed E-state index contributed by atoms with van der Waals surface area (Å²) in [6.07, 6.45) is 3.53. The van der Waals surface area contributed by atoms with Gasteiger partial charge in [-0.25, -0.2) is 9.59 Å². The van der Waals surface area contributed by atoms with E-state index in [-0.39, 0.29) is 11.6 Å². The fraction of sp³-hybridized carbons (Fsp3) is 0.429. The number of urea groups is 1. The van der Waals surface area contributed by atoms with E-state index in [9.17, 15) is 9.59 Å². The van der Waals surface area contributed by atoms with Crippen LogP contribution in [0.15, 0.2) is 18.2 Å². The van der Waals surface area contributed by atoms with Gasteiger partial charge in [0.15, 0.2) is 0 Å². The third-order valence-electron chi connectivity index (χ3n) is 3.47. The maximum Gasteiger partial charge on any atom is 0.335 e. The second kappa shape index (κ2) is 6.27. The van der Waals surface area contributed by atoms with Crippen LogP contribution in [0.4, 0.5) is 10.5 Å². The van der Waals surface area contributed by atoms with Crippen molar-refractivity contribution in [2.24, 2.45) is 5.92 Å². The van der Waals surface area contributed by atoms with E-state index in [2.05, 4.69) is 10.6 Å². The summed E-state index contributed by atoms with van der Waals surface area (Å²) in [4.78, 5) is 22.7. The zero-order valence-corrected chi connectivity index (χ0v) is 11.3. The lowest BCUT2D eigenvalue weighted by atomic mass is 9.85. The lowest BCUT2D eigenvalue weighted by Gasteiger charge is -2.25. The number of ether oxygens (including phenoxy) is 1. The van der Waals surface area contributed by atoms with Crippen LogP contribution in [0.3, 0.4) is 0 Å². The second-order valence-electron chi connectivity index (χ2n) is 4.85. The van der Waals surface area contributed by atoms with Gasteiger partial charge in [-0.3, -0.25) is 0 Å². The third kappa shape index (κ3) is 3.40. The smallest absolute Gasteiger partial charge is 0.335 e. The monoisotopic (exact) mass is 278 g/mol. The molecule has 0 atom stereocenters. The van der Waals surface area contributed by atoms with Gasteiger partial charge in [0.05, 0.1) is 18.4 Å². The van der Waals surface area contributed by atoms with Gasteiger partial charge in [-0.15, -0.1) is 0 Å². The van der Waals surface area contributed by atoms with Gasteiger partial charge in [0, 0.05) is 6.54 Å². The highest BCUT2D eigenvalue weighted by atomic mass is 16.5. The van der Waals surface area contributed by atoms with Gasteiger partial charge in [0.2, 0.25) is 0 Å². The normalized spacial score (nSPS) is 14.2. The molecule has 1 aromatic carbocycles. The first-order chi connectivity index (χ1) is 9.60.